The van der Waals surface area contributed by atoms with Crippen LogP contribution in [0.3, 0.4) is 0 Å². The molecule has 9 heteroatoms. The highest BCUT2D eigenvalue weighted by atomic mass is 32.1. The Balaban J connectivity index is 2.13. The minimum absolute atomic E-state index is 0.153. The van der Waals surface area contributed by atoms with Crippen molar-refractivity contribution < 1.29 is 18.3 Å². The molecule has 0 unspecified atom stereocenters. The van der Waals surface area contributed by atoms with Gasteiger partial charge in [-0.05, 0) is 12.1 Å². The summed E-state index contributed by atoms with van der Waals surface area (Å²) >= 11 is 1.30. The predicted octanol–water partition coefficient (Wildman–Crippen LogP) is 2.53. The molecule has 2 aromatic rings. The van der Waals surface area contributed by atoms with Crippen LogP contribution in [0.4, 0.5) is 19.0 Å². The quantitative estimate of drug-likeness (QED) is 0.906. The number of nitrogens with one attached hydrogen (secondary N) is 1. The molecule has 0 aliphatic carbocycles. The van der Waals surface area contributed by atoms with Crippen molar-refractivity contribution in [3.8, 4) is 6.07 Å². The predicted molar refractivity (Wildman–Crippen MR) is 69.3 cm³/mol. The summed E-state index contributed by atoms with van der Waals surface area (Å²) in [6.07, 6.45) is -4.61. The standard InChI is InChI=1S/C12H9F3N4OS/c13-12(14,15)8-1-2-10(19-9(8)3-16)17-4-11-18-7(5-20)6-21-11/h1-2,6,20H,4-5H2,(H,17,19). The second kappa shape index (κ2) is 6.07. The topological polar surface area (TPSA) is 81.8 Å². The van der Waals surface area contributed by atoms with Crippen molar-refractivity contribution in [3.63, 3.8) is 0 Å². The fourth-order valence-corrected chi connectivity index (χ4v) is 2.27. The molecule has 0 fully saturated rings. The van der Waals surface area contributed by atoms with E-state index in [0.29, 0.717) is 10.7 Å². The molecule has 0 amide bonds. The van der Waals surface area contributed by atoms with Gasteiger partial charge in [0, 0.05) is 5.38 Å². The lowest BCUT2D eigenvalue weighted by atomic mass is 10.2. The zero-order valence-electron chi connectivity index (χ0n) is 10.5. The normalized spacial score (nSPS) is 11.2. The van der Waals surface area contributed by atoms with Crippen molar-refractivity contribution in [1.82, 2.24) is 9.97 Å². The summed E-state index contributed by atoms with van der Waals surface area (Å²) in [5.74, 6) is 0.153. The number of aromatic nitrogens is 2. The molecule has 2 heterocycles. The smallest absolute Gasteiger partial charge is 0.390 e. The number of anilines is 1. The van der Waals surface area contributed by atoms with Crippen molar-refractivity contribution >= 4 is 17.2 Å². The summed E-state index contributed by atoms with van der Waals surface area (Å²) < 4.78 is 37.8. The Hall–Kier alpha value is -2.18. The number of halogens is 3. The Kier molecular flexibility index (Phi) is 4.40. The summed E-state index contributed by atoms with van der Waals surface area (Å²) in [5, 5.41) is 22.7. The molecular formula is C12H9F3N4OS. The molecule has 0 radical (unpaired) electrons. The molecule has 0 saturated carbocycles. The number of aliphatic hydroxyl groups is 1. The first-order valence-electron chi connectivity index (χ1n) is 5.70. The van der Waals surface area contributed by atoms with Crippen LogP contribution in [0.25, 0.3) is 0 Å². The van der Waals surface area contributed by atoms with Gasteiger partial charge in [-0.25, -0.2) is 9.97 Å². The lowest BCUT2D eigenvalue weighted by molar-refractivity contribution is -0.138. The minimum atomic E-state index is -4.61. The highest BCUT2D eigenvalue weighted by Gasteiger charge is 2.34. The van der Waals surface area contributed by atoms with Crippen LogP contribution in [-0.4, -0.2) is 15.1 Å². The lowest BCUT2D eigenvalue weighted by Crippen LogP contribution is -2.11. The van der Waals surface area contributed by atoms with Crippen molar-refractivity contribution in [1.29, 1.82) is 5.26 Å². The van der Waals surface area contributed by atoms with Crippen LogP contribution in [0.5, 0.6) is 0 Å². The number of nitrogens with zero attached hydrogens (tertiary/aromatic N) is 3. The molecule has 0 spiro atoms. The molecule has 2 aromatic heterocycles. The molecular weight excluding hydrogens is 305 g/mol. The molecule has 0 aromatic carbocycles. The summed E-state index contributed by atoms with van der Waals surface area (Å²) in [5.41, 5.74) is -1.22. The number of aliphatic hydroxyl groups excluding tert-OH is 1. The van der Waals surface area contributed by atoms with Crippen molar-refractivity contribution in [2.75, 3.05) is 5.32 Å². The Morgan fingerprint density at radius 1 is 1.33 bits per heavy atom. The van der Waals surface area contributed by atoms with Gasteiger partial charge in [0.1, 0.15) is 16.9 Å². The number of hydrogen-bond acceptors (Lipinski definition) is 6. The maximum absolute atomic E-state index is 12.6. The SMILES string of the molecule is N#Cc1nc(NCc2nc(CO)cs2)ccc1C(F)(F)F. The Bertz CT molecular complexity index is 678. The fraction of sp³-hybridized carbons (Fsp3) is 0.250. The van der Waals surface area contributed by atoms with E-state index in [1.807, 2.05) is 0 Å². The second-order valence-corrected chi connectivity index (χ2v) is 4.89. The Morgan fingerprint density at radius 2 is 2.10 bits per heavy atom. The van der Waals surface area contributed by atoms with Gasteiger partial charge in [0.05, 0.1) is 24.4 Å². The molecule has 110 valence electrons. The van der Waals surface area contributed by atoms with Gasteiger partial charge >= 0.3 is 6.18 Å². The number of pyridine rings is 1. The van der Waals surface area contributed by atoms with Gasteiger partial charge in [-0.15, -0.1) is 11.3 Å². The number of rotatable bonds is 4. The van der Waals surface area contributed by atoms with Crippen LogP contribution < -0.4 is 5.32 Å². The van der Waals surface area contributed by atoms with Gasteiger partial charge in [-0.3, -0.25) is 0 Å². The number of alkyl halides is 3. The van der Waals surface area contributed by atoms with Crippen molar-refractivity contribution in [2.45, 2.75) is 19.3 Å². The van der Waals surface area contributed by atoms with E-state index in [1.54, 1.807) is 5.38 Å². The van der Waals surface area contributed by atoms with Gasteiger partial charge < -0.3 is 10.4 Å². The number of thiazole rings is 1. The highest BCUT2D eigenvalue weighted by Crippen LogP contribution is 2.31. The average molecular weight is 314 g/mol. The van der Waals surface area contributed by atoms with E-state index in [4.69, 9.17) is 10.4 Å². The molecule has 2 N–H and O–H groups in total. The first-order valence-corrected chi connectivity index (χ1v) is 6.58. The Labute approximate surface area is 121 Å². The van der Waals surface area contributed by atoms with Gasteiger partial charge in [-0.2, -0.15) is 18.4 Å². The van der Waals surface area contributed by atoms with Crippen LogP contribution in [0.15, 0.2) is 17.5 Å². The average Bonchev–Trinajstić information content (AvgIpc) is 2.91. The van der Waals surface area contributed by atoms with E-state index >= 15 is 0 Å². The highest BCUT2D eigenvalue weighted by molar-refractivity contribution is 7.09. The van der Waals surface area contributed by atoms with Crippen LogP contribution >= 0.6 is 11.3 Å². The van der Waals surface area contributed by atoms with Gasteiger partial charge in [0.25, 0.3) is 0 Å². The van der Waals surface area contributed by atoms with E-state index in [1.165, 1.54) is 17.4 Å². The third-order valence-corrected chi connectivity index (χ3v) is 3.39. The van der Waals surface area contributed by atoms with Crippen LogP contribution in [0, 0.1) is 11.3 Å². The zero-order valence-corrected chi connectivity index (χ0v) is 11.3. The molecule has 0 aliphatic heterocycles. The third-order valence-electron chi connectivity index (χ3n) is 2.49. The van der Waals surface area contributed by atoms with Gasteiger partial charge in [0.2, 0.25) is 0 Å². The zero-order chi connectivity index (χ0) is 15.5. The van der Waals surface area contributed by atoms with E-state index in [9.17, 15) is 13.2 Å². The van der Waals surface area contributed by atoms with Crippen LogP contribution in [0.1, 0.15) is 22.0 Å². The Morgan fingerprint density at radius 3 is 2.67 bits per heavy atom. The molecule has 0 atom stereocenters. The van der Waals surface area contributed by atoms with Crippen LogP contribution in [0.2, 0.25) is 0 Å². The van der Waals surface area contributed by atoms with E-state index in [2.05, 4.69) is 15.3 Å². The number of hydrogen-bond donors (Lipinski definition) is 2. The molecule has 0 bridgehead atoms. The van der Waals surface area contributed by atoms with Gasteiger partial charge in [0.15, 0.2) is 5.69 Å². The lowest BCUT2D eigenvalue weighted by Gasteiger charge is -2.10. The van der Waals surface area contributed by atoms with Crippen molar-refractivity contribution in [2.24, 2.45) is 0 Å². The number of nitriles is 1. The molecule has 5 nitrogen and oxygen atoms in total. The largest absolute Gasteiger partial charge is 0.419 e. The van der Waals surface area contributed by atoms with E-state index < -0.39 is 17.4 Å². The summed E-state index contributed by atoms with van der Waals surface area (Å²) in [4.78, 5) is 7.71. The maximum atomic E-state index is 12.6. The molecule has 2 rings (SSSR count). The first-order chi connectivity index (χ1) is 9.94. The van der Waals surface area contributed by atoms with Crippen LogP contribution in [-0.2, 0) is 19.3 Å². The first kappa shape index (κ1) is 15.2. The molecule has 0 saturated heterocycles. The minimum Gasteiger partial charge on any atom is -0.390 e. The third kappa shape index (κ3) is 3.68. The monoisotopic (exact) mass is 314 g/mol. The maximum Gasteiger partial charge on any atom is 0.419 e. The summed E-state index contributed by atoms with van der Waals surface area (Å²) in [7, 11) is 0. The summed E-state index contributed by atoms with van der Waals surface area (Å²) in [6, 6.07) is 3.41. The molecule has 21 heavy (non-hydrogen) atoms. The summed E-state index contributed by atoms with van der Waals surface area (Å²) in [6.45, 7) is 0.0709. The van der Waals surface area contributed by atoms with Crippen molar-refractivity contribution in [3.05, 3.63) is 39.5 Å². The molecule has 0 aliphatic rings. The van der Waals surface area contributed by atoms with E-state index in [-0.39, 0.29) is 19.0 Å². The second-order valence-electron chi connectivity index (χ2n) is 3.95. The fourth-order valence-electron chi connectivity index (χ4n) is 1.54. The van der Waals surface area contributed by atoms with E-state index in [0.717, 1.165) is 12.1 Å². The van der Waals surface area contributed by atoms with Gasteiger partial charge in [-0.1, -0.05) is 0 Å².